The number of para-hydroxylation sites is 1. The van der Waals surface area contributed by atoms with Crippen LogP contribution in [0.3, 0.4) is 0 Å². The molecule has 1 aliphatic rings. The van der Waals surface area contributed by atoms with Gasteiger partial charge in [-0.1, -0.05) is 36.4 Å². The van der Waals surface area contributed by atoms with Gasteiger partial charge in [-0.25, -0.2) is 4.39 Å². The Hall–Kier alpha value is -4.90. The molecule has 0 amide bonds. The Balaban J connectivity index is 1.67. The molecule has 0 radical (unpaired) electrons. The molecule has 4 nitrogen and oxygen atoms in total. The number of hydrogen-bond acceptors (Lipinski definition) is 3. The summed E-state index contributed by atoms with van der Waals surface area (Å²) in [4.78, 5) is 10.1. The molecule has 5 heteroatoms. The summed E-state index contributed by atoms with van der Waals surface area (Å²) in [5, 5.41) is 4.54. The summed E-state index contributed by atoms with van der Waals surface area (Å²) in [6, 6.07) is 25.3. The number of anilines is 2. The summed E-state index contributed by atoms with van der Waals surface area (Å²) < 4.78 is 13.8. The van der Waals surface area contributed by atoms with Gasteiger partial charge in [-0.15, -0.1) is 0 Å². The number of nitrogens with one attached hydrogen (secondary N) is 2. The van der Waals surface area contributed by atoms with Gasteiger partial charge in [0, 0.05) is 53.5 Å². The molecule has 6 rings (SSSR count). The number of benzene rings is 3. The van der Waals surface area contributed by atoms with E-state index in [2.05, 4.69) is 57.6 Å². The van der Waals surface area contributed by atoms with Gasteiger partial charge in [0.05, 0.1) is 16.9 Å². The van der Waals surface area contributed by atoms with Crippen molar-refractivity contribution in [3.05, 3.63) is 133 Å². The van der Waals surface area contributed by atoms with Crippen LogP contribution in [0.15, 0.2) is 122 Å². The van der Waals surface area contributed by atoms with Gasteiger partial charge in [-0.2, -0.15) is 0 Å². The highest BCUT2D eigenvalue weighted by atomic mass is 19.1. The number of pyridine rings is 1. The molecule has 2 aromatic heterocycles. The van der Waals surface area contributed by atoms with E-state index in [9.17, 15) is 4.39 Å². The van der Waals surface area contributed by atoms with Gasteiger partial charge in [-0.3, -0.25) is 4.98 Å². The van der Waals surface area contributed by atoms with Crippen LogP contribution in [0, 0.1) is 5.82 Å². The van der Waals surface area contributed by atoms with Crippen molar-refractivity contribution in [2.45, 2.75) is 0 Å². The Kier molecular flexibility index (Phi) is 5.87. The zero-order valence-corrected chi connectivity index (χ0v) is 20.3. The molecule has 0 atom stereocenters. The molecule has 3 aromatic carbocycles. The minimum absolute atomic E-state index is 0.260. The Bertz CT molecular complexity index is 1650. The smallest absolute Gasteiger partial charge is 0.123 e. The van der Waals surface area contributed by atoms with Crippen LogP contribution in [0.25, 0.3) is 39.0 Å². The van der Waals surface area contributed by atoms with E-state index in [0.29, 0.717) is 0 Å². The molecule has 1 aliphatic heterocycles. The van der Waals surface area contributed by atoms with Gasteiger partial charge in [0.15, 0.2) is 0 Å². The fourth-order valence-corrected chi connectivity index (χ4v) is 4.86. The average Bonchev–Trinajstić information content (AvgIpc) is 3.13. The maximum absolute atomic E-state index is 13.8. The second-order valence-electron chi connectivity index (χ2n) is 8.86. The molecular formula is C32H25FN4. The normalized spacial score (nSPS) is 12.8. The van der Waals surface area contributed by atoms with E-state index in [-0.39, 0.29) is 5.82 Å². The summed E-state index contributed by atoms with van der Waals surface area (Å²) in [5.74, 6) is -0.260. The average molecular weight is 485 g/mol. The minimum Gasteiger partial charge on any atom is -0.361 e. The fourth-order valence-electron chi connectivity index (χ4n) is 4.86. The monoisotopic (exact) mass is 484 g/mol. The van der Waals surface area contributed by atoms with E-state index >= 15 is 0 Å². The van der Waals surface area contributed by atoms with Crippen LogP contribution in [0.4, 0.5) is 15.8 Å². The van der Waals surface area contributed by atoms with Crippen molar-refractivity contribution in [3.63, 3.8) is 0 Å². The van der Waals surface area contributed by atoms with Gasteiger partial charge in [0.1, 0.15) is 5.82 Å². The topological polar surface area (TPSA) is 44.0 Å². The van der Waals surface area contributed by atoms with Crippen LogP contribution < -0.4 is 10.2 Å². The lowest BCUT2D eigenvalue weighted by Crippen LogP contribution is -2.14. The number of rotatable bonds is 5. The van der Waals surface area contributed by atoms with Gasteiger partial charge in [-0.05, 0) is 77.9 Å². The molecule has 0 bridgehead atoms. The summed E-state index contributed by atoms with van der Waals surface area (Å²) in [5.41, 5.74) is 9.09. The predicted molar refractivity (Wildman–Crippen MR) is 151 cm³/mol. The first-order chi connectivity index (χ1) is 18.2. The Labute approximate surface area is 215 Å². The molecule has 0 fully saturated rings. The fraction of sp³-hybridized carbons (Fsp3) is 0.0312. The second kappa shape index (κ2) is 9.63. The highest BCUT2D eigenvalue weighted by molar-refractivity contribution is 6.09. The van der Waals surface area contributed by atoms with Crippen LogP contribution >= 0.6 is 0 Å². The summed E-state index contributed by atoms with van der Waals surface area (Å²) in [7, 11) is 2.08. The molecular weight excluding hydrogens is 459 g/mol. The lowest BCUT2D eigenvalue weighted by molar-refractivity contribution is 0.628. The van der Waals surface area contributed by atoms with Crippen LogP contribution in [0.5, 0.6) is 0 Å². The van der Waals surface area contributed by atoms with Gasteiger partial charge in [0.2, 0.25) is 0 Å². The third-order valence-corrected chi connectivity index (χ3v) is 6.65. The van der Waals surface area contributed by atoms with E-state index < -0.39 is 0 Å². The number of fused-ring (bicyclic) bond motifs is 1. The first-order valence-corrected chi connectivity index (χ1v) is 12.1. The highest BCUT2D eigenvalue weighted by Crippen LogP contribution is 2.44. The van der Waals surface area contributed by atoms with Crippen LogP contribution in [0.1, 0.15) is 5.56 Å². The zero-order chi connectivity index (χ0) is 25.2. The molecule has 0 saturated heterocycles. The molecule has 0 spiro atoms. The maximum Gasteiger partial charge on any atom is 0.123 e. The number of hydrogen-bond donors (Lipinski definition) is 2. The summed E-state index contributed by atoms with van der Waals surface area (Å²) in [6.45, 7) is 0. The van der Waals surface area contributed by atoms with E-state index in [1.807, 2.05) is 66.9 Å². The lowest BCUT2D eigenvalue weighted by atomic mass is 9.96. The van der Waals surface area contributed by atoms with E-state index in [1.165, 1.54) is 12.1 Å². The van der Waals surface area contributed by atoms with Crippen molar-refractivity contribution in [1.29, 1.82) is 0 Å². The quantitative estimate of drug-likeness (QED) is 0.267. The summed E-state index contributed by atoms with van der Waals surface area (Å²) in [6.07, 6.45) is 13.6. The first-order valence-electron chi connectivity index (χ1n) is 12.1. The molecule has 3 heterocycles. The predicted octanol–water partition coefficient (Wildman–Crippen LogP) is 7.82. The number of nitrogens with zero attached hydrogens (tertiary/aromatic N) is 2. The third-order valence-electron chi connectivity index (χ3n) is 6.65. The lowest BCUT2D eigenvalue weighted by Gasteiger charge is -2.24. The molecule has 0 aliphatic carbocycles. The standard InChI is InChI=1S/C32H25FN4/c1-37(25-8-4-2-5-9-25)28-16-15-26-29(22-17-20-34-21-18-22)31(23-11-13-24(33)14-12-23)36-32(26)30(28)27-10-6-3-7-19-35-27/h2-21,35-36H,1H3. The van der Waals surface area contributed by atoms with Crippen molar-refractivity contribution in [1.82, 2.24) is 15.3 Å². The van der Waals surface area contributed by atoms with Gasteiger partial charge < -0.3 is 15.2 Å². The van der Waals surface area contributed by atoms with Crippen molar-refractivity contribution in [3.8, 4) is 22.4 Å². The van der Waals surface area contributed by atoms with Gasteiger partial charge >= 0.3 is 0 Å². The van der Waals surface area contributed by atoms with Gasteiger partial charge in [0.25, 0.3) is 0 Å². The van der Waals surface area contributed by atoms with E-state index in [0.717, 1.165) is 55.9 Å². The van der Waals surface area contributed by atoms with Crippen molar-refractivity contribution in [2.24, 2.45) is 0 Å². The van der Waals surface area contributed by atoms with Crippen LogP contribution in [0.2, 0.25) is 0 Å². The molecule has 0 saturated carbocycles. The minimum atomic E-state index is -0.260. The second-order valence-corrected chi connectivity index (χ2v) is 8.86. The molecule has 5 aromatic rings. The molecule has 180 valence electrons. The van der Waals surface area contributed by atoms with Crippen molar-refractivity contribution >= 4 is 28.0 Å². The van der Waals surface area contributed by atoms with Crippen LogP contribution in [-0.2, 0) is 0 Å². The number of halogens is 1. The molecule has 37 heavy (non-hydrogen) atoms. The highest BCUT2D eigenvalue weighted by Gasteiger charge is 2.22. The van der Waals surface area contributed by atoms with Crippen molar-refractivity contribution < 1.29 is 4.39 Å². The van der Waals surface area contributed by atoms with Crippen LogP contribution in [-0.4, -0.2) is 17.0 Å². The third kappa shape index (κ3) is 4.21. The number of aromatic nitrogens is 2. The zero-order valence-electron chi connectivity index (χ0n) is 20.3. The maximum atomic E-state index is 13.8. The molecule has 2 N–H and O–H groups in total. The number of H-pyrrole nitrogens is 1. The van der Waals surface area contributed by atoms with E-state index in [4.69, 9.17) is 0 Å². The molecule has 0 unspecified atom stereocenters. The first kappa shape index (κ1) is 22.6. The Morgan fingerprint density at radius 3 is 2.32 bits per heavy atom. The van der Waals surface area contributed by atoms with E-state index in [1.54, 1.807) is 12.4 Å². The summed E-state index contributed by atoms with van der Waals surface area (Å²) >= 11 is 0. The largest absolute Gasteiger partial charge is 0.361 e. The van der Waals surface area contributed by atoms with Crippen molar-refractivity contribution in [2.75, 3.05) is 11.9 Å². The SMILES string of the molecule is CN(c1ccccc1)c1ccc2c(-c3ccncc3)c(-c3ccc(F)cc3)[nH]c2c1C1=CC=CC=CN1. The Morgan fingerprint density at radius 1 is 0.757 bits per heavy atom. The Morgan fingerprint density at radius 2 is 1.54 bits per heavy atom. The number of allylic oxidation sites excluding steroid dienone is 4. The number of aromatic amines is 1.